The number of hydrogen-bond donors (Lipinski definition) is 1. The van der Waals surface area contributed by atoms with E-state index in [1.54, 1.807) is 12.1 Å². The number of ether oxygens (including phenoxy) is 1. The van der Waals surface area contributed by atoms with Gasteiger partial charge in [-0.2, -0.15) is 0 Å². The summed E-state index contributed by atoms with van der Waals surface area (Å²) in [6.07, 6.45) is 0.719. The SMILES string of the molecule is CCOCC(CO)Cc1ccc(F)cc1. The van der Waals surface area contributed by atoms with Gasteiger partial charge in [0.05, 0.1) is 6.61 Å². The molecule has 0 fully saturated rings. The Bertz CT molecular complexity index is 271. The van der Waals surface area contributed by atoms with Gasteiger partial charge in [0.25, 0.3) is 0 Å². The monoisotopic (exact) mass is 212 g/mol. The first kappa shape index (κ1) is 12.1. The Morgan fingerprint density at radius 2 is 2.00 bits per heavy atom. The van der Waals surface area contributed by atoms with Gasteiger partial charge in [0, 0.05) is 19.1 Å². The van der Waals surface area contributed by atoms with E-state index >= 15 is 0 Å². The van der Waals surface area contributed by atoms with Crippen molar-refractivity contribution in [1.29, 1.82) is 0 Å². The molecule has 2 nitrogen and oxygen atoms in total. The summed E-state index contributed by atoms with van der Waals surface area (Å²) in [5.41, 5.74) is 1.02. The zero-order chi connectivity index (χ0) is 11.1. The van der Waals surface area contributed by atoms with Crippen molar-refractivity contribution in [2.45, 2.75) is 13.3 Å². The van der Waals surface area contributed by atoms with E-state index in [1.165, 1.54) is 12.1 Å². The largest absolute Gasteiger partial charge is 0.396 e. The molecule has 0 amide bonds. The molecule has 1 rings (SSSR count). The van der Waals surface area contributed by atoms with Gasteiger partial charge in [-0.05, 0) is 31.0 Å². The molecule has 1 unspecified atom stereocenters. The van der Waals surface area contributed by atoms with Gasteiger partial charge in [-0.3, -0.25) is 0 Å². The second-order valence-electron chi connectivity index (χ2n) is 3.54. The van der Waals surface area contributed by atoms with Crippen molar-refractivity contribution in [3.05, 3.63) is 35.6 Å². The summed E-state index contributed by atoms with van der Waals surface area (Å²) in [6, 6.07) is 6.35. The summed E-state index contributed by atoms with van der Waals surface area (Å²) in [5.74, 6) is -0.139. The van der Waals surface area contributed by atoms with E-state index in [1.807, 2.05) is 6.92 Å². The molecule has 3 heteroatoms. The van der Waals surface area contributed by atoms with Gasteiger partial charge in [0.2, 0.25) is 0 Å². The number of aliphatic hydroxyl groups is 1. The summed E-state index contributed by atoms with van der Waals surface area (Å²) in [6.45, 7) is 3.22. The highest BCUT2D eigenvalue weighted by Crippen LogP contribution is 2.10. The Kier molecular flexibility index (Phi) is 5.29. The molecule has 0 spiro atoms. The average Bonchev–Trinajstić information content (AvgIpc) is 2.27. The second kappa shape index (κ2) is 6.53. The molecule has 0 aliphatic rings. The minimum atomic E-state index is -0.232. The van der Waals surface area contributed by atoms with Crippen LogP contribution >= 0.6 is 0 Å². The van der Waals surface area contributed by atoms with Crippen LogP contribution in [-0.4, -0.2) is 24.9 Å². The highest BCUT2D eigenvalue weighted by Gasteiger charge is 2.08. The minimum Gasteiger partial charge on any atom is -0.396 e. The van der Waals surface area contributed by atoms with E-state index in [2.05, 4.69) is 0 Å². The smallest absolute Gasteiger partial charge is 0.123 e. The topological polar surface area (TPSA) is 29.5 Å². The van der Waals surface area contributed by atoms with Crippen molar-refractivity contribution in [1.82, 2.24) is 0 Å². The molecule has 0 aromatic heterocycles. The molecule has 0 radical (unpaired) electrons. The Hall–Kier alpha value is -0.930. The molecule has 1 N–H and O–H groups in total. The fraction of sp³-hybridized carbons (Fsp3) is 0.500. The van der Waals surface area contributed by atoms with Crippen molar-refractivity contribution in [2.75, 3.05) is 19.8 Å². The summed E-state index contributed by atoms with van der Waals surface area (Å²) < 4.78 is 17.9. The molecular weight excluding hydrogens is 195 g/mol. The number of hydrogen-bond acceptors (Lipinski definition) is 2. The van der Waals surface area contributed by atoms with Crippen molar-refractivity contribution in [3.8, 4) is 0 Å². The van der Waals surface area contributed by atoms with E-state index < -0.39 is 0 Å². The highest BCUT2D eigenvalue weighted by molar-refractivity contribution is 5.16. The maximum atomic E-state index is 12.6. The van der Waals surface area contributed by atoms with Crippen LogP contribution in [0.4, 0.5) is 4.39 Å². The summed E-state index contributed by atoms with van der Waals surface area (Å²) >= 11 is 0. The highest BCUT2D eigenvalue weighted by atomic mass is 19.1. The molecule has 1 aromatic rings. The lowest BCUT2D eigenvalue weighted by atomic mass is 10.0. The Labute approximate surface area is 89.7 Å². The third-order valence-corrected chi connectivity index (χ3v) is 2.25. The minimum absolute atomic E-state index is 0.0930. The van der Waals surface area contributed by atoms with E-state index in [9.17, 15) is 4.39 Å². The number of halogens is 1. The molecule has 0 heterocycles. The predicted molar refractivity (Wildman–Crippen MR) is 57.2 cm³/mol. The van der Waals surface area contributed by atoms with Crippen molar-refractivity contribution < 1.29 is 14.2 Å². The van der Waals surface area contributed by atoms with E-state index in [4.69, 9.17) is 9.84 Å². The van der Waals surface area contributed by atoms with Gasteiger partial charge in [-0.25, -0.2) is 4.39 Å². The van der Waals surface area contributed by atoms with Crippen LogP contribution in [0.15, 0.2) is 24.3 Å². The lowest BCUT2D eigenvalue weighted by Crippen LogP contribution is -2.16. The third kappa shape index (κ3) is 4.40. The molecule has 1 atom stereocenters. The quantitative estimate of drug-likeness (QED) is 0.781. The first-order valence-corrected chi connectivity index (χ1v) is 5.19. The fourth-order valence-electron chi connectivity index (χ4n) is 1.41. The van der Waals surface area contributed by atoms with Crippen molar-refractivity contribution >= 4 is 0 Å². The lowest BCUT2D eigenvalue weighted by Gasteiger charge is -2.13. The summed E-state index contributed by atoms with van der Waals surface area (Å²) in [4.78, 5) is 0. The molecule has 0 aliphatic heterocycles. The maximum absolute atomic E-state index is 12.6. The summed E-state index contributed by atoms with van der Waals surface area (Å²) in [7, 11) is 0. The lowest BCUT2D eigenvalue weighted by molar-refractivity contribution is 0.0810. The van der Waals surface area contributed by atoms with Crippen LogP contribution in [0, 0.1) is 11.7 Å². The molecule has 0 bridgehead atoms. The second-order valence-corrected chi connectivity index (χ2v) is 3.54. The molecule has 1 aromatic carbocycles. The van der Waals surface area contributed by atoms with Gasteiger partial charge < -0.3 is 9.84 Å². The van der Waals surface area contributed by atoms with E-state index in [0.717, 1.165) is 12.0 Å². The normalized spacial score (nSPS) is 12.7. The molecule has 0 saturated heterocycles. The van der Waals surface area contributed by atoms with Crippen LogP contribution < -0.4 is 0 Å². The Balaban J connectivity index is 2.47. The van der Waals surface area contributed by atoms with Crippen molar-refractivity contribution in [2.24, 2.45) is 5.92 Å². The number of benzene rings is 1. The van der Waals surface area contributed by atoms with E-state index in [0.29, 0.717) is 13.2 Å². The van der Waals surface area contributed by atoms with E-state index in [-0.39, 0.29) is 18.3 Å². The van der Waals surface area contributed by atoms with Crippen LogP contribution in [0.1, 0.15) is 12.5 Å². The maximum Gasteiger partial charge on any atom is 0.123 e. The first-order chi connectivity index (χ1) is 7.26. The molecule has 0 saturated carbocycles. The van der Waals surface area contributed by atoms with Crippen LogP contribution in [0.3, 0.4) is 0 Å². The fourth-order valence-corrected chi connectivity index (χ4v) is 1.41. The van der Waals surface area contributed by atoms with Crippen LogP contribution in [-0.2, 0) is 11.2 Å². The standard InChI is InChI=1S/C12H17FO2/c1-2-15-9-11(8-14)7-10-3-5-12(13)6-4-10/h3-6,11,14H,2,7-9H2,1H3. The molecule has 84 valence electrons. The first-order valence-electron chi connectivity index (χ1n) is 5.19. The zero-order valence-corrected chi connectivity index (χ0v) is 8.95. The molecule has 0 aliphatic carbocycles. The van der Waals surface area contributed by atoms with Gasteiger partial charge in [-0.1, -0.05) is 12.1 Å². The summed E-state index contributed by atoms with van der Waals surface area (Å²) in [5, 5.41) is 9.11. The Morgan fingerprint density at radius 3 is 2.53 bits per heavy atom. The van der Waals surface area contributed by atoms with Crippen LogP contribution in [0.25, 0.3) is 0 Å². The number of rotatable bonds is 6. The van der Waals surface area contributed by atoms with Gasteiger partial charge >= 0.3 is 0 Å². The average molecular weight is 212 g/mol. The third-order valence-electron chi connectivity index (χ3n) is 2.25. The van der Waals surface area contributed by atoms with Gasteiger partial charge in [-0.15, -0.1) is 0 Å². The van der Waals surface area contributed by atoms with Gasteiger partial charge in [0.15, 0.2) is 0 Å². The predicted octanol–water partition coefficient (Wildman–Crippen LogP) is 2.01. The zero-order valence-electron chi connectivity index (χ0n) is 8.95. The Morgan fingerprint density at radius 1 is 1.33 bits per heavy atom. The molecular formula is C12H17FO2. The molecule has 15 heavy (non-hydrogen) atoms. The van der Waals surface area contributed by atoms with Crippen LogP contribution in [0.2, 0.25) is 0 Å². The van der Waals surface area contributed by atoms with Crippen LogP contribution in [0.5, 0.6) is 0 Å². The number of aliphatic hydroxyl groups excluding tert-OH is 1. The van der Waals surface area contributed by atoms with Crippen molar-refractivity contribution in [3.63, 3.8) is 0 Å². The van der Waals surface area contributed by atoms with Gasteiger partial charge in [0.1, 0.15) is 5.82 Å².